The van der Waals surface area contributed by atoms with Crippen LogP contribution in [0.1, 0.15) is 11.1 Å². The third-order valence-electron chi connectivity index (χ3n) is 3.19. The van der Waals surface area contributed by atoms with E-state index in [2.05, 4.69) is 39.7 Å². The first-order valence-electron chi connectivity index (χ1n) is 6.45. The summed E-state index contributed by atoms with van der Waals surface area (Å²) in [4.78, 5) is 3.97. The minimum absolute atomic E-state index is 0.887. The van der Waals surface area contributed by atoms with Crippen LogP contribution in [0.5, 0.6) is 0 Å². The fourth-order valence-electron chi connectivity index (χ4n) is 2.19. The first-order chi connectivity index (χ1) is 9.43. The minimum atomic E-state index is 0.887. The predicted molar refractivity (Wildman–Crippen MR) is 74.8 cm³/mol. The molecule has 0 saturated carbocycles. The highest BCUT2D eigenvalue weighted by Crippen LogP contribution is 2.11. The molecule has 3 heterocycles. The van der Waals surface area contributed by atoms with Crippen LogP contribution in [0.4, 0.5) is 0 Å². The quantitative estimate of drug-likeness (QED) is 0.666. The lowest BCUT2D eigenvalue weighted by Gasteiger charge is -2.15. The zero-order valence-electron chi connectivity index (χ0n) is 10.7. The lowest BCUT2D eigenvalue weighted by Crippen LogP contribution is -2.23. The highest BCUT2D eigenvalue weighted by molar-refractivity contribution is 5.34. The van der Waals surface area contributed by atoms with Gasteiger partial charge in [-0.3, -0.25) is 0 Å². The maximum Gasteiger partial charge on any atom is 0.155 e. The number of nitrogens with one attached hydrogen (secondary N) is 1. The Morgan fingerprint density at radius 1 is 1.00 bits per heavy atom. The number of hydrogen-bond donors (Lipinski definition) is 1. The highest BCUT2D eigenvalue weighted by atomic mass is 15.3. The number of pyridine rings is 1. The summed E-state index contributed by atoms with van der Waals surface area (Å²) >= 11 is 0. The molecule has 0 unspecified atom stereocenters. The molecular weight excluding hydrogens is 236 g/mol. The molecule has 4 nitrogen and oxygen atoms in total. The SMILES string of the molecule is c1ccc2c(c1)CCNC2.c1ccn2ncnc2c1. The molecule has 2 aromatic heterocycles. The summed E-state index contributed by atoms with van der Waals surface area (Å²) in [6.45, 7) is 2.19. The van der Waals surface area contributed by atoms with E-state index in [1.165, 1.54) is 23.9 Å². The van der Waals surface area contributed by atoms with Crippen molar-refractivity contribution in [1.29, 1.82) is 0 Å². The van der Waals surface area contributed by atoms with Crippen molar-refractivity contribution in [2.75, 3.05) is 6.54 Å². The van der Waals surface area contributed by atoms with E-state index in [1.54, 1.807) is 4.52 Å². The maximum atomic E-state index is 3.97. The van der Waals surface area contributed by atoms with Gasteiger partial charge in [-0.25, -0.2) is 9.50 Å². The first kappa shape index (κ1) is 11.9. The average molecular weight is 252 g/mol. The van der Waals surface area contributed by atoms with Gasteiger partial charge in [-0.05, 0) is 36.2 Å². The number of aromatic nitrogens is 3. The Kier molecular flexibility index (Phi) is 3.51. The largest absolute Gasteiger partial charge is 0.312 e. The molecule has 0 saturated heterocycles. The van der Waals surface area contributed by atoms with Gasteiger partial charge in [0.05, 0.1) is 0 Å². The molecule has 0 fully saturated rings. The Bertz CT molecular complexity index is 605. The van der Waals surface area contributed by atoms with Gasteiger partial charge in [-0.2, -0.15) is 5.10 Å². The lowest BCUT2D eigenvalue weighted by molar-refractivity contribution is 0.644. The summed E-state index contributed by atoms with van der Waals surface area (Å²) in [6, 6.07) is 14.4. The van der Waals surface area contributed by atoms with Crippen molar-refractivity contribution in [2.24, 2.45) is 0 Å². The van der Waals surface area contributed by atoms with Crippen LogP contribution in [0.2, 0.25) is 0 Å². The maximum absolute atomic E-state index is 3.97. The summed E-state index contributed by atoms with van der Waals surface area (Å²) in [6.07, 6.45) is 4.59. The number of hydrogen-bond acceptors (Lipinski definition) is 3. The van der Waals surface area contributed by atoms with Crippen LogP contribution < -0.4 is 5.32 Å². The van der Waals surface area contributed by atoms with Crippen LogP contribution in [0.15, 0.2) is 55.0 Å². The second-order valence-electron chi connectivity index (χ2n) is 4.46. The van der Waals surface area contributed by atoms with Gasteiger partial charge < -0.3 is 5.32 Å². The van der Waals surface area contributed by atoms with Gasteiger partial charge in [0.1, 0.15) is 6.33 Å². The third-order valence-corrected chi connectivity index (χ3v) is 3.19. The van der Waals surface area contributed by atoms with Crippen LogP contribution in [0.25, 0.3) is 5.65 Å². The Morgan fingerprint density at radius 3 is 2.68 bits per heavy atom. The summed E-state index contributed by atoms with van der Waals surface area (Å²) in [5, 5.41) is 7.27. The Hall–Kier alpha value is -2.20. The molecule has 3 aromatic rings. The summed E-state index contributed by atoms with van der Waals surface area (Å²) < 4.78 is 1.72. The zero-order chi connectivity index (χ0) is 12.9. The fourth-order valence-corrected chi connectivity index (χ4v) is 2.19. The van der Waals surface area contributed by atoms with Gasteiger partial charge in [0.2, 0.25) is 0 Å². The second kappa shape index (κ2) is 5.63. The van der Waals surface area contributed by atoms with Gasteiger partial charge in [0, 0.05) is 12.7 Å². The number of nitrogens with zero attached hydrogens (tertiary/aromatic N) is 3. The summed E-state index contributed by atoms with van der Waals surface area (Å²) in [7, 11) is 0. The smallest absolute Gasteiger partial charge is 0.155 e. The Labute approximate surface area is 112 Å². The molecule has 1 aliphatic rings. The van der Waals surface area contributed by atoms with Gasteiger partial charge in [-0.15, -0.1) is 0 Å². The summed E-state index contributed by atoms with van der Waals surface area (Å²) in [5.41, 5.74) is 3.87. The average Bonchev–Trinajstić information content (AvgIpc) is 2.96. The molecule has 96 valence electrons. The van der Waals surface area contributed by atoms with Gasteiger partial charge >= 0.3 is 0 Å². The van der Waals surface area contributed by atoms with Crippen molar-refractivity contribution in [3.8, 4) is 0 Å². The molecule has 19 heavy (non-hydrogen) atoms. The Balaban J connectivity index is 0.000000117. The van der Waals surface area contributed by atoms with Crippen molar-refractivity contribution in [3.05, 3.63) is 66.1 Å². The van der Waals surface area contributed by atoms with E-state index in [4.69, 9.17) is 0 Å². The minimum Gasteiger partial charge on any atom is -0.312 e. The van der Waals surface area contributed by atoms with Crippen molar-refractivity contribution in [3.63, 3.8) is 0 Å². The molecule has 0 bridgehead atoms. The lowest BCUT2D eigenvalue weighted by atomic mass is 10.0. The molecule has 4 heteroatoms. The molecule has 4 rings (SSSR count). The topological polar surface area (TPSA) is 42.2 Å². The van der Waals surface area contributed by atoms with Crippen molar-refractivity contribution in [1.82, 2.24) is 19.9 Å². The normalized spacial score (nSPS) is 13.5. The van der Waals surface area contributed by atoms with E-state index in [1.807, 2.05) is 24.4 Å². The van der Waals surface area contributed by atoms with Gasteiger partial charge in [0.15, 0.2) is 5.65 Å². The molecule has 0 aliphatic carbocycles. The van der Waals surface area contributed by atoms with Crippen molar-refractivity contribution >= 4 is 5.65 Å². The molecule has 1 aliphatic heterocycles. The van der Waals surface area contributed by atoms with Crippen molar-refractivity contribution in [2.45, 2.75) is 13.0 Å². The van der Waals surface area contributed by atoms with E-state index < -0.39 is 0 Å². The van der Waals surface area contributed by atoms with Crippen molar-refractivity contribution < 1.29 is 0 Å². The van der Waals surface area contributed by atoms with Crippen LogP contribution >= 0.6 is 0 Å². The van der Waals surface area contributed by atoms with E-state index in [0.29, 0.717) is 0 Å². The molecular formula is C15H16N4. The van der Waals surface area contributed by atoms with Gasteiger partial charge in [0.25, 0.3) is 0 Å². The summed E-state index contributed by atoms with van der Waals surface area (Å²) in [5.74, 6) is 0. The predicted octanol–water partition coefficient (Wildman–Crippen LogP) is 2.06. The van der Waals surface area contributed by atoms with Crippen LogP contribution in [-0.4, -0.2) is 21.1 Å². The monoisotopic (exact) mass is 252 g/mol. The van der Waals surface area contributed by atoms with Crippen LogP contribution in [0, 0.1) is 0 Å². The second-order valence-corrected chi connectivity index (χ2v) is 4.46. The molecule has 1 aromatic carbocycles. The zero-order valence-corrected chi connectivity index (χ0v) is 10.7. The molecule has 0 radical (unpaired) electrons. The van der Waals surface area contributed by atoms with Gasteiger partial charge in [-0.1, -0.05) is 30.3 Å². The number of fused-ring (bicyclic) bond motifs is 2. The van der Waals surface area contributed by atoms with Crippen LogP contribution in [0.3, 0.4) is 0 Å². The van der Waals surface area contributed by atoms with E-state index >= 15 is 0 Å². The van der Waals surface area contributed by atoms with E-state index in [0.717, 1.165) is 18.7 Å². The molecule has 1 N–H and O–H groups in total. The third kappa shape index (κ3) is 2.80. The van der Waals surface area contributed by atoms with E-state index in [-0.39, 0.29) is 0 Å². The first-order valence-corrected chi connectivity index (χ1v) is 6.45. The Morgan fingerprint density at radius 2 is 1.84 bits per heavy atom. The number of benzene rings is 1. The molecule has 0 amide bonds. The highest BCUT2D eigenvalue weighted by Gasteiger charge is 2.05. The molecule has 0 atom stereocenters. The standard InChI is InChI=1S/C9H11N.C6H5N3/c1-2-4-9-7-10-6-5-8(9)3-1;1-2-4-9-6(3-1)7-5-8-9/h1-4,10H,5-7H2;1-5H. The van der Waals surface area contributed by atoms with E-state index in [9.17, 15) is 0 Å². The van der Waals surface area contributed by atoms with Crippen LogP contribution in [-0.2, 0) is 13.0 Å². The molecule has 0 spiro atoms. The fraction of sp³-hybridized carbons (Fsp3) is 0.200. The number of rotatable bonds is 0.